The lowest BCUT2D eigenvalue weighted by Crippen LogP contribution is -2.69. The Hall–Kier alpha value is -0.650. The third kappa shape index (κ3) is 1.46. The van der Waals surface area contributed by atoms with E-state index >= 15 is 0 Å². The minimum atomic E-state index is -0.793. The van der Waals surface area contributed by atoms with Crippen LogP contribution in [0.15, 0.2) is 0 Å². The molecule has 4 heterocycles. The molecule has 0 amide bonds. The Labute approximate surface area is 118 Å². The van der Waals surface area contributed by atoms with Gasteiger partial charge in [0.2, 0.25) is 12.1 Å². The number of esters is 1. The van der Waals surface area contributed by atoms with Crippen molar-refractivity contribution in [1.29, 1.82) is 0 Å². The molecule has 1 aliphatic carbocycles. The summed E-state index contributed by atoms with van der Waals surface area (Å²) in [6, 6.07) is 0. The largest absolute Gasteiger partial charge is 0.432 e. The summed E-state index contributed by atoms with van der Waals surface area (Å²) in [5.74, 6) is -0.137. The maximum atomic E-state index is 12.1. The zero-order valence-corrected chi connectivity index (χ0v) is 12.3. The van der Waals surface area contributed by atoms with Gasteiger partial charge in [-0.05, 0) is 32.1 Å². The summed E-state index contributed by atoms with van der Waals surface area (Å²) in [6.07, 6.45) is 3.24. The number of carbonyl (C=O) groups is 1. The quantitative estimate of drug-likeness (QED) is 0.504. The summed E-state index contributed by atoms with van der Waals surface area (Å²) in [7, 11) is 0. The summed E-state index contributed by atoms with van der Waals surface area (Å²) >= 11 is 0. The Morgan fingerprint density at radius 2 is 1.90 bits per heavy atom. The van der Waals surface area contributed by atoms with Crippen LogP contribution in [0.2, 0.25) is 0 Å². The molecule has 0 aromatic rings. The molecule has 5 rings (SSSR count). The molecule has 4 aliphatic heterocycles. The summed E-state index contributed by atoms with van der Waals surface area (Å²) in [4.78, 5) is 23.7. The SMILES string of the molecule is CC1CCC2[C@@H](C)C(=O)OC3O[C@@]4(C)CCC1C32OO4. The van der Waals surface area contributed by atoms with E-state index in [9.17, 15) is 4.79 Å². The van der Waals surface area contributed by atoms with Crippen LogP contribution in [-0.4, -0.2) is 23.6 Å². The second kappa shape index (κ2) is 3.96. The molecule has 112 valence electrons. The number of hydrogen-bond donors (Lipinski definition) is 0. The van der Waals surface area contributed by atoms with Gasteiger partial charge in [-0.1, -0.05) is 13.8 Å². The van der Waals surface area contributed by atoms with Crippen molar-refractivity contribution in [2.75, 3.05) is 0 Å². The molecule has 5 heteroatoms. The zero-order chi connectivity index (χ0) is 14.1. The first-order valence-corrected chi connectivity index (χ1v) is 7.71. The minimum Gasteiger partial charge on any atom is -0.432 e. The second-order valence-corrected chi connectivity index (χ2v) is 7.14. The first kappa shape index (κ1) is 13.0. The van der Waals surface area contributed by atoms with Crippen LogP contribution < -0.4 is 0 Å². The Kier molecular flexibility index (Phi) is 2.58. The smallest absolute Gasteiger partial charge is 0.311 e. The summed E-state index contributed by atoms with van der Waals surface area (Å²) in [5.41, 5.74) is -0.610. The molecular formula is C15H22O5. The maximum absolute atomic E-state index is 12.1. The molecule has 5 nitrogen and oxygen atoms in total. The molecule has 20 heavy (non-hydrogen) atoms. The van der Waals surface area contributed by atoms with Crippen LogP contribution in [0.5, 0.6) is 0 Å². The average Bonchev–Trinajstić information content (AvgIpc) is 2.63. The lowest BCUT2D eigenvalue weighted by Gasteiger charge is -2.57. The first-order valence-electron chi connectivity index (χ1n) is 7.71. The van der Waals surface area contributed by atoms with Crippen molar-refractivity contribution in [3.05, 3.63) is 0 Å². The fourth-order valence-electron chi connectivity index (χ4n) is 4.76. The van der Waals surface area contributed by atoms with Crippen LogP contribution in [0.25, 0.3) is 0 Å². The maximum Gasteiger partial charge on any atom is 0.311 e. The van der Waals surface area contributed by atoms with Gasteiger partial charge in [0.25, 0.3) is 0 Å². The molecule has 5 aliphatic rings. The number of hydrogen-bond acceptors (Lipinski definition) is 5. The van der Waals surface area contributed by atoms with Crippen LogP contribution >= 0.6 is 0 Å². The standard InChI is InChI=1S/C15H22O5/c1-8-4-5-11-9(2)12(16)17-13-15(11)10(8)6-7-14(3,18-13)19-20-15/h8-11,13H,4-7H2,1-3H3/t8?,9-,10?,11?,13?,14-,15?/m1/s1. The highest BCUT2D eigenvalue weighted by Crippen LogP contribution is 2.59. The first-order chi connectivity index (χ1) is 9.46. The Bertz CT molecular complexity index is 452. The van der Waals surface area contributed by atoms with Crippen molar-refractivity contribution in [2.24, 2.45) is 23.7 Å². The van der Waals surface area contributed by atoms with E-state index in [2.05, 4.69) is 6.92 Å². The lowest BCUT2D eigenvalue weighted by atomic mass is 9.58. The molecular weight excluding hydrogens is 260 g/mol. The molecule has 0 aromatic heterocycles. The summed E-state index contributed by atoms with van der Waals surface area (Å²) in [6.45, 7) is 6.06. The summed E-state index contributed by atoms with van der Waals surface area (Å²) < 4.78 is 11.6. The van der Waals surface area contributed by atoms with Crippen molar-refractivity contribution in [1.82, 2.24) is 0 Å². The highest BCUT2D eigenvalue weighted by atomic mass is 17.3. The highest BCUT2D eigenvalue weighted by Gasteiger charge is 2.69. The molecule has 1 saturated carbocycles. The van der Waals surface area contributed by atoms with E-state index < -0.39 is 17.7 Å². The van der Waals surface area contributed by atoms with E-state index in [-0.39, 0.29) is 17.8 Å². The van der Waals surface area contributed by atoms with E-state index in [0.717, 1.165) is 25.7 Å². The minimum absolute atomic E-state index is 0.123. The van der Waals surface area contributed by atoms with Gasteiger partial charge in [0.15, 0.2) is 5.60 Å². The fourth-order valence-corrected chi connectivity index (χ4v) is 4.76. The van der Waals surface area contributed by atoms with Gasteiger partial charge >= 0.3 is 5.97 Å². The predicted octanol–water partition coefficient (Wildman–Crippen LogP) is 2.39. The number of rotatable bonds is 0. The Morgan fingerprint density at radius 1 is 1.10 bits per heavy atom. The van der Waals surface area contributed by atoms with Crippen LogP contribution in [0.4, 0.5) is 0 Å². The van der Waals surface area contributed by atoms with Crippen molar-refractivity contribution in [3.8, 4) is 0 Å². The molecule has 7 atom stereocenters. The van der Waals surface area contributed by atoms with Crippen LogP contribution in [0, 0.1) is 23.7 Å². The van der Waals surface area contributed by atoms with Gasteiger partial charge in [-0.25, -0.2) is 9.78 Å². The Morgan fingerprint density at radius 3 is 2.70 bits per heavy atom. The molecule has 0 aromatic carbocycles. The third-order valence-corrected chi connectivity index (χ3v) is 5.97. The van der Waals surface area contributed by atoms with Gasteiger partial charge < -0.3 is 9.47 Å². The van der Waals surface area contributed by atoms with Gasteiger partial charge in [0, 0.05) is 18.3 Å². The van der Waals surface area contributed by atoms with Crippen molar-refractivity contribution in [3.63, 3.8) is 0 Å². The van der Waals surface area contributed by atoms with Gasteiger partial charge in [0.05, 0.1) is 5.92 Å². The van der Waals surface area contributed by atoms with Gasteiger partial charge in [-0.3, -0.25) is 4.79 Å². The van der Waals surface area contributed by atoms with Crippen LogP contribution in [0.1, 0.15) is 46.5 Å². The average molecular weight is 282 g/mol. The fraction of sp³-hybridized carbons (Fsp3) is 0.933. The second-order valence-electron chi connectivity index (χ2n) is 7.14. The van der Waals surface area contributed by atoms with Gasteiger partial charge in [-0.2, -0.15) is 0 Å². The number of carbonyl (C=O) groups excluding carboxylic acids is 1. The molecule has 0 N–H and O–H groups in total. The topological polar surface area (TPSA) is 54.0 Å². The molecule has 5 fully saturated rings. The monoisotopic (exact) mass is 282 g/mol. The predicted molar refractivity (Wildman–Crippen MR) is 68.0 cm³/mol. The van der Waals surface area contributed by atoms with E-state index in [1.54, 1.807) is 0 Å². The van der Waals surface area contributed by atoms with E-state index in [4.69, 9.17) is 19.2 Å². The highest BCUT2D eigenvalue weighted by molar-refractivity contribution is 5.74. The summed E-state index contributed by atoms with van der Waals surface area (Å²) in [5, 5.41) is 0. The molecule has 4 saturated heterocycles. The van der Waals surface area contributed by atoms with E-state index in [1.807, 2.05) is 13.8 Å². The van der Waals surface area contributed by atoms with E-state index in [1.165, 1.54) is 0 Å². The van der Waals surface area contributed by atoms with Gasteiger partial charge in [0.1, 0.15) is 0 Å². The molecule has 0 radical (unpaired) electrons. The molecule has 1 spiro atoms. The Balaban J connectivity index is 1.84. The van der Waals surface area contributed by atoms with Crippen molar-refractivity contribution < 1.29 is 24.0 Å². The third-order valence-electron chi connectivity index (χ3n) is 5.97. The normalized spacial score (nSPS) is 57.8. The van der Waals surface area contributed by atoms with E-state index in [0.29, 0.717) is 11.8 Å². The van der Waals surface area contributed by atoms with Crippen LogP contribution in [-0.2, 0) is 24.0 Å². The lowest BCUT2D eigenvalue weighted by molar-refractivity contribution is -0.559. The van der Waals surface area contributed by atoms with Gasteiger partial charge in [-0.15, -0.1) is 0 Å². The zero-order valence-electron chi connectivity index (χ0n) is 12.3. The van der Waals surface area contributed by atoms with Crippen LogP contribution in [0.3, 0.4) is 0 Å². The molecule has 2 bridgehead atoms. The van der Waals surface area contributed by atoms with Crippen molar-refractivity contribution in [2.45, 2.75) is 64.1 Å². The molecule has 5 unspecified atom stereocenters. The number of ether oxygens (including phenoxy) is 2. The number of fused-ring (bicyclic) bond motifs is 2. The van der Waals surface area contributed by atoms with Crippen molar-refractivity contribution >= 4 is 5.97 Å².